The summed E-state index contributed by atoms with van der Waals surface area (Å²) in [5, 5.41) is 14.5. The second-order valence-electron chi connectivity index (χ2n) is 6.94. The normalized spacial score (nSPS) is 16.1. The fraction of sp³-hybridized carbons (Fsp3) is 0.500. The third-order valence-electron chi connectivity index (χ3n) is 4.65. The number of carbonyl (C=O) groups is 1. The van der Waals surface area contributed by atoms with Crippen molar-refractivity contribution in [3.8, 4) is 0 Å². The van der Waals surface area contributed by atoms with E-state index in [1.807, 2.05) is 11.6 Å². The number of nitrogens with zero attached hydrogens (tertiary/aromatic N) is 4. The summed E-state index contributed by atoms with van der Waals surface area (Å²) in [7, 11) is 1.64. The molecular weight excluding hydrogens is 406 g/mol. The first-order valence-electron chi connectivity index (χ1n) is 10.1. The Balaban J connectivity index is 1.51. The molecule has 9 nitrogen and oxygen atoms in total. The number of aromatic nitrogens is 3. The Morgan fingerprint density at radius 2 is 2.20 bits per heavy atom. The van der Waals surface area contributed by atoms with Crippen LogP contribution >= 0.6 is 11.6 Å². The molecular formula is C20H28ClN7O2. The summed E-state index contributed by atoms with van der Waals surface area (Å²) < 4.78 is 7.05. The van der Waals surface area contributed by atoms with Crippen molar-refractivity contribution in [2.24, 2.45) is 4.99 Å². The monoisotopic (exact) mass is 433 g/mol. The topological polar surface area (TPSA) is 105 Å². The Bertz CT molecular complexity index is 884. The van der Waals surface area contributed by atoms with Crippen LogP contribution in [0.25, 0.3) is 0 Å². The van der Waals surface area contributed by atoms with Crippen LogP contribution in [0.5, 0.6) is 0 Å². The van der Waals surface area contributed by atoms with Crippen LogP contribution in [0.4, 0.5) is 0 Å². The van der Waals surface area contributed by atoms with Gasteiger partial charge in [0.2, 0.25) is 0 Å². The van der Waals surface area contributed by atoms with Gasteiger partial charge in [-0.25, -0.2) is 9.67 Å². The third kappa shape index (κ3) is 5.93. The van der Waals surface area contributed by atoms with Gasteiger partial charge in [-0.3, -0.25) is 9.79 Å². The molecule has 3 rings (SSSR count). The molecule has 30 heavy (non-hydrogen) atoms. The van der Waals surface area contributed by atoms with Crippen molar-refractivity contribution >= 4 is 23.5 Å². The smallest absolute Gasteiger partial charge is 0.252 e. The Labute approximate surface area is 181 Å². The van der Waals surface area contributed by atoms with Crippen molar-refractivity contribution in [3.63, 3.8) is 0 Å². The average molecular weight is 434 g/mol. The van der Waals surface area contributed by atoms with Crippen molar-refractivity contribution in [2.75, 3.05) is 26.7 Å². The lowest BCUT2D eigenvalue weighted by Gasteiger charge is -2.25. The SMILES string of the molecule is CCNC(=NCCNC(=O)c1ccccc1Cl)NC1CCc2nc(COC)nn2C1. The van der Waals surface area contributed by atoms with Gasteiger partial charge in [0.1, 0.15) is 12.4 Å². The highest BCUT2D eigenvalue weighted by molar-refractivity contribution is 6.33. The summed E-state index contributed by atoms with van der Waals surface area (Å²) in [5.74, 6) is 2.22. The fourth-order valence-corrected chi connectivity index (χ4v) is 3.48. The minimum atomic E-state index is -0.202. The molecule has 1 aliphatic rings. The van der Waals surface area contributed by atoms with Crippen molar-refractivity contribution in [3.05, 3.63) is 46.5 Å². The van der Waals surface area contributed by atoms with Gasteiger partial charge in [-0.15, -0.1) is 0 Å². The number of hydrogen-bond donors (Lipinski definition) is 3. The van der Waals surface area contributed by atoms with Crippen LogP contribution in [0, 0.1) is 0 Å². The number of aliphatic imine (C=N–C) groups is 1. The van der Waals surface area contributed by atoms with Gasteiger partial charge < -0.3 is 20.7 Å². The Morgan fingerprint density at radius 3 is 2.97 bits per heavy atom. The molecule has 1 aromatic carbocycles. The molecule has 0 fully saturated rings. The van der Waals surface area contributed by atoms with Crippen LogP contribution in [0.1, 0.15) is 35.4 Å². The minimum absolute atomic E-state index is 0.199. The van der Waals surface area contributed by atoms with Gasteiger partial charge in [-0.2, -0.15) is 5.10 Å². The van der Waals surface area contributed by atoms with Gasteiger partial charge in [-0.05, 0) is 25.5 Å². The van der Waals surface area contributed by atoms with E-state index in [1.54, 1.807) is 31.4 Å². The van der Waals surface area contributed by atoms with E-state index in [4.69, 9.17) is 16.3 Å². The zero-order valence-electron chi connectivity index (χ0n) is 17.3. The molecule has 162 valence electrons. The molecule has 2 aromatic rings. The summed E-state index contributed by atoms with van der Waals surface area (Å²) in [6.45, 7) is 4.77. The van der Waals surface area contributed by atoms with Crippen LogP contribution in [-0.4, -0.2) is 59.4 Å². The predicted octanol–water partition coefficient (Wildman–Crippen LogP) is 1.38. The number of methoxy groups -OCH3 is 1. The van der Waals surface area contributed by atoms with E-state index in [1.165, 1.54) is 0 Å². The maximum absolute atomic E-state index is 12.2. The van der Waals surface area contributed by atoms with Crippen LogP contribution < -0.4 is 16.0 Å². The van der Waals surface area contributed by atoms with Gasteiger partial charge in [0, 0.05) is 32.7 Å². The summed E-state index contributed by atoms with van der Waals surface area (Å²) >= 11 is 6.06. The van der Waals surface area contributed by atoms with Crippen LogP contribution in [0.3, 0.4) is 0 Å². The highest BCUT2D eigenvalue weighted by atomic mass is 35.5. The molecule has 0 radical (unpaired) electrons. The first kappa shape index (κ1) is 22.0. The number of nitrogens with one attached hydrogen (secondary N) is 3. The predicted molar refractivity (Wildman–Crippen MR) is 116 cm³/mol. The number of ether oxygens (including phenoxy) is 1. The fourth-order valence-electron chi connectivity index (χ4n) is 3.26. The summed E-state index contributed by atoms with van der Waals surface area (Å²) in [5.41, 5.74) is 0.465. The molecule has 1 aliphatic heterocycles. The number of rotatable bonds is 8. The summed E-state index contributed by atoms with van der Waals surface area (Å²) in [6.07, 6.45) is 1.79. The number of guanidine groups is 1. The first-order chi connectivity index (χ1) is 14.6. The van der Waals surface area contributed by atoms with Gasteiger partial charge in [-0.1, -0.05) is 23.7 Å². The molecule has 3 N–H and O–H groups in total. The van der Waals surface area contributed by atoms with Gasteiger partial charge >= 0.3 is 0 Å². The number of carbonyl (C=O) groups excluding carboxylic acids is 1. The molecule has 10 heteroatoms. The average Bonchev–Trinajstić information content (AvgIpc) is 3.13. The summed E-state index contributed by atoms with van der Waals surface area (Å²) in [4.78, 5) is 21.3. The van der Waals surface area contributed by atoms with Crippen molar-refractivity contribution in [1.82, 2.24) is 30.7 Å². The molecule has 0 saturated heterocycles. The van der Waals surface area contributed by atoms with E-state index in [0.29, 0.717) is 36.1 Å². The quantitative estimate of drug-likeness (QED) is 0.330. The molecule has 0 bridgehead atoms. The lowest BCUT2D eigenvalue weighted by Crippen LogP contribution is -2.47. The highest BCUT2D eigenvalue weighted by Gasteiger charge is 2.22. The van der Waals surface area contributed by atoms with E-state index < -0.39 is 0 Å². The Kier molecular flexibility index (Phi) is 8.04. The van der Waals surface area contributed by atoms with Crippen molar-refractivity contribution < 1.29 is 9.53 Å². The van der Waals surface area contributed by atoms with Crippen LogP contribution in [0.15, 0.2) is 29.3 Å². The molecule has 1 unspecified atom stereocenters. The number of amides is 1. The molecule has 0 saturated carbocycles. The Hall–Kier alpha value is -2.65. The maximum Gasteiger partial charge on any atom is 0.252 e. The molecule has 1 atom stereocenters. The van der Waals surface area contributed by atoms with Crippen molar-refractivity contribution in [2.45, 2.75) is 39.0 Å². The first-order valence-corrected chi connectivity index (χ1v) is 10.5. The maximum atomic E-state index is 12.2. The van der Waals surface area contributed by atoms with Crippen LogP contribution in [0.2, 0.25) is 5.02 Å². The number of halogens is 1. The van der Waals surface area contributed by atoms with E-state index in [-0.39, 0.29) is 11.9 Å². The number of aryl methyl sites for hydroxylation is 1. The lowest BCUT2D eigenvalue weighted by molar-refractivity contribution is 0.0955. The minimum Gasteiger partial charge on any atom is -0.377 e. The third-order valence-corrected chi connectivity index (χ3v) is 4.98. The zero-order valence-corrected chi connectivity index (χ0v) is 18.1. The van der Waals surface area contributed by atoms with E-state index in [2.05, 4.69) is 31.0 Å². The van der Waals surface area contributed by atoms with Gasteiger partial charge in [0.15, 0.2) is 11.8 Å². The van der Waals surface area contributed by atoms with E-state index >= 15 is 0 Å². The van der Waals surface area contributed by atoms with Crippen molar-refractivity contribution in [1.29, 1.82) is 0 Å². The lowest BCUT2D eigenvalue weighted by atomic mass is 10.1. The second kappa shape index (κ2) is 10.9. The molecule has 0 aliphatic carbocycles. The Morgan fingerprint density at radius 1 is 1.37 bits per heavy atom. The highest BCUT2D eigenvalue weighted by Crippen LogP contribution is 2.15. The van der Waals surface area contributed by atoms with Crippen LogP contribution in [-0.2, 0) is 24.3 Å². The zero-order chi connectivity index (χ0) is 21.3. The molecule has 1 aromatic heterocycles. The largest absolute Gasteiger partial charge is 0.377 e. The standard InChI is InChI=1S/C20H28ClN7O2/c1-3-22-20(24-11-10-23-19(29)15-6-4-5-7-16(15)21)25-14-8-9-18-26-17(13-30-2)27-28(18)12-14/h4-7,14H,3,8-13H2,1-2H3,(H,23,29)(H2,22,24,25). The van der Waals surface area contributed by atoms with E-state index in [0.717, 1.165) is 37.7 Å². The number of fused-ring (bicyclic) bond motifs is 1. The van der Waals surface area contributed by atoms with Gasteiger partial charge in [0.05, 0.1) is 23.7 Å². The second-order valence-corrected chi connectivity index (χ2v) is 7.34. The number of benzene rings is 1. The molecule has 0 spiro atoms. The molecule has 1 amide bonds. The number of hydrogen-bond acceptors (Lipinski definition) is 5. The summed E-state index contributed by atoms with van der Waals surface area (Å²) in [6, 6.07) is 7.18. The van der Waals surface area contributed by atoms with Gasteiger partial charge in [0.25, 0.3) is 5.91 Å². The molecule has 2 heterocycles. The van der Waals surface area contributed by atoms with E-state index in [9.17, 15) is 4.79 Å².